The molecule has 0 saturated heterocycles. The van der Waals surface area contributed by atoms with Crippen LogP contribution >= 0.6 is 0 Å². The van der Waals surface area contributed by atoms with Gasteiger partial charge < -0.3 is 9.64 Å². The molecule has 3 aromatic rings. The third-order valence-corrected chi connectivity index (χ3v) is 6.10. The maximum Gasteiger partial charge on any atom is 0.266 e. The monoisotopic (exact) mass is 449 g/mol. The molecule has 6 heteroatoms. The zero-order valence-corrected chi connectivity index (χ0v) is 20.4. The lowest BCUT2D eigenvalue weighted by molar-refractivity contribution is -0.134. The van der Waals surface area contributed by atoms with Gasteiger partial charge in [0.1, 0.15) is 5.82 Å². The molecular formula is C27H35N3O3. The highest BCUT2D eigenvalue weighted by atomic mass is 16.5. The summed E-state index contributed by atoms with van der Waals surface area (Å²) in [6, 6.07) is 13.0. The van der Waals surface area contributed by atoms with E-state index in [1.807, 2.05) is 57.2 Å². The van der Waals surface area contributed by atoms with Crippen molar-refractivity contribution in [2.75, 3.05) is 20.3 Å². The van der Waals surface area contributed by atoms with Gasteiger partial charge in [-0.25, -0.2) is 4.98 Å². The number of aryl methyl sites for hydroxylation is 2. The summed E-state index contributed by atoms with van der Waals surface area (Å²) in [5, 5.41) is 0.562. The van der Waals surface area contributed by atoms with Gasteiger partial charge in [-0.05, 0) is 56.5 Å². The third kappa shape index (κ3) is 5.50. The Labute approximate surface area is 196 Å². The molecule has 0 N–H and O–H groups in total. The maximum atomic E-state index is 13.7. The number of carbonyl (C=O) groups is 1. The predicted molar refractivity (Wildman–Crippen MR) is 133 cm³/mol. The Hall–Kier alpha value is -2.99. The minimum atomic E-state index is -0.397. The smallest absolute Gasteiger partial charge is 0.266 e. The van der Waals surface area contributed by atoms with Gasteiger partial charge in [-0.2, -0.15) is 0 Å². The fraction of sp³-hybridized carbons (Fsp3) is 0.444. The lowest BCUT2D eigenvalue weighted by atomic mass is 10.1. The number of aromatic nitrogens is 2. The molecule has 33 heavy (non-hydrogen) atoms. The van der Waals surface area contributed by atoms with Crippen LogP contribution in [0.15, 0.2) is 47.3 Å². The van der Waals surface area contributed by atoms with E-state index < -0.39 is 6.04 Å². The molecular weight excluding hydrogens is 414 g/mol. The van der Waals surface area contributed by atoms with Crippen LogP contribution in [-0.4, -0.2) is 40.6 Å². The molecule has 1 heterocycles. The minimum absolute atomic E-state index is 0.0583. The van der Waals surface area contributed by atoms with Gasteiger partial charge >= 0.3 is 0 Å². The number of nitrogens with zero attached hydrogens (tertiary/aromatic N) is 3. The van der Waals surface area contributed by atoms with Crippen molar-refractivity contribution in [1.82, 2.24) is 14.5 Å². The van der Waals surface area contributed by atoms with Crippen molar-refractivity contribution in [3.63, 3.8) is 0 Å². The Morgan fingerprint density at radius 2 is 1.91 bits per heavy atom. The van der Waals surface area contributed by atoms with Gasteiger partial charge in [0.15, 0.2) is 0 Å². The van der Waals surface area contributed by atoms with E-state index in [4.69, 9.17) is 9.72 Å². The standard InChI is InChI=1S/C27H35N3O3/c1-6-7-8-13-25(31)29(16-17-33-5)21(4)26-28-23-12-10-9-11-22(23)27(32)30(26)24-18-19(2)14-15-20(24)3/h9-12,14-15,18,21H,6-8,13,16-17H2,1-5H3. The van der Waals surface area contributed by atoms with Gasteiger partial charge in [0.2, 0.25) is 5.91 Å². The summed E-state index contributed by atoms with van der Waals surface area (Å²) in [4.78, 5) is 33.7. The number of rotatable bonds is 10. The van der Waals surface area contributed by atoms with Crippen molar-refractivity contribution in [1.29, 1.82) is 0 Å². The Balaban J connectivity index is 2.19. The molecule has 176 valence electrons. The number of methoxy groups -OCH3 is 1. The van der Waals surface area contributed by atoms with Crippen molar-refractivity contribution < 1.29 is 9.53 Å². The van der Waals surface area contributed by atoms with Crippen LogP contribution in [0.3, 0.4) is 0 Å². The van der Waals surface area contributed by atoms with Crippen LogP contribution in [0.2, 0.25) is 0 Å². The average molecular weight is 450 g/mol. The van der Waals surface area contributed by atoms with Gasteiger partial charge in [0.05, 0.1) is 29.2 Å². The van der Waals surface area contributed by atoms with E-state index in [1.54, 1.807) is 22.6 Å². The first-order chi connectivity index (χ1) is 15.9. The SMILES string of the molecule is CCCCCC(=O)N(CCOC)C(C)c1nc2ccccc2c(=O)n1-c1cc(C)ccc1C. The zero-order chi connectivity index (χ0) is 24.0. The van der Waals surface area contributed by atoms with Gasteiger partial charge in [0.25, 0.3) is 5.56 Å². The van der Waals surface area contributed by atoms with Crippen molar-refractivity contribution in [3.05, 3.63) is 69.8 Å². The molecule has 2 aromatic carbocycles. The number of ether oxygens (including phenoxy) is 1. The fourth-order valence-corrected chi connectivity index (χ4v) is 4.16. The van der Waals surface area contributed by atoms with Crippen LogP contribution in [0.25, 0.3) is 16.6 Å². The van der Waals surface area contributed by atoms with Gasteiger partial charge in [-0.15, -0.1) is 0 Å². The Morgan fingerprint density at radius 1 is 1.15 bits per heavy atom. The largest absolute Gasteiger partial charge is 0.383 e. The summed E-state index contributed by atoms with van der Waals surface area (Å²) < 4.78 is 6.98. The molecule has 3 rings (SSSR count). The molecule has 1 atom stereocenters. The number of fused-ring (bicyclic) bond motifs is 1. The van der Waals surface area contributed by atoms with E-state index in [0.29, 0.717) is 36.3 Å². The second-order valence-corrected chi connectivity index (χ2v) is 8.63. The topological polar surface area (TPSA) is 64.4 Å². The first kappa shape index (κ1) is 24.6. The predicted octanol–water partition coefficient (Wildman–Crippen LogP) is 5.12. The minimum Gasteiger partial charge on any atom is -0.383 e. The van der Waals surface area contributed by atoms with Crippen LogP contribution in [0, 0.1) is 13.8 Å². The normalized spacial score (nSPS) is 12.2. The number of unbranched alkanes of at least 4 members (excludes halogenated alkanes) is 2. The summed E-state index contributed by atoms with van der Waals surface area (Å²) in [7, 11) is 1.63. The molecule has 0 bridgehead atoms. The molecule has 1 aromatic heterocycles. The Bertz CT molecular complexity index is 1170. The third-order valence-electron chi connectivity index (χ3n) is 6.10. The number of para-hydroxylation sites is 1. The van der Waals surface area contributed by atoms with Gasteiger partial charge in [-0.1, -0.05) is 44.0 Å². The summed E-state index contributed by atoms with van der Waals surface area (Å²) in [5.41, 5.74) is 3.34. The highest BCUT2D eigenvalue weighted by Crippen LogP contribution is 2.25. The number of hydrogen-bond donors (Lipinski definition) is 0. The number of amides is 1. The second kappa shape index (κ2) is 11.2. The van der Waals surface area contributed by atoms with E-state index in [0.717, 1.165) is 36.1 Å². The van der Waals surface area contributed by atoms with Crippen molar-refractivity contribution in [3.8, 4) is 5.69 Å². The quantitative estimate of drug-likeness (QED) is 0.403. The van der Waals surface area contributed by atoms with Crippen molar-refractivity contribution in [2.24, 2.45) is 0 Å². The molecule has 1 amide bonds. The van der Waals surface area contributed by atoms with Crippen LogP contribution in [0.4, 0.5) is 0 Å². The zero-order valence-electron chi connectivity index (χ0n) is 20.4. The van der Waals surface area contributed by atoms with Crippen molar-refractivity contribution in [2.45, 2.75) is 59.4 Å². The van der Waals surface area contributed by atoms with Crippen LogP contribution < -0.4 is 5.56 Å². The maximum absolute atomic E-state index is 13.7. The Morgan fingerprint density at radius 3 is 2.64 bits per heavy atom. The molecule has 0 aliphatic heterocycles. The molecule has 1 unspecified atom stereocenters. The molecule has 0 radical (unpaired) electrons. The Kier molecular flexibility index (Phi) is 8.39. The lowest BCUT2D eigenvalue weighted by Crippen LogP contribution is -2.39. The first-order valence-corrected chi connectivity index (χ1v) is 11.8. The highest BCUT2D eigenvalue weighted by molar-refractivity contribution is 5.79. The van der Waals surface area contributed by atoms with E-state index in [9.17, 15) is 9.59 Å². The van der Waals surface area contributed by atoms with Crippen LogP contribution in [-0.2, 0) is 9.53 Å². The summed E-state index contributed by atoms with van der Waals surface area (Å²) in [5.74, 6) is 0.621. The van der Waals surface area contributed by atoms with Crippen LogP contribution in [0.5, 0.6) is 0 Å². The number of benzene rings is 2. The summed E-state index contributed by atoms with van der Waals surface area (Å²) in [6.45, 7) is 8.93. The molecule has 0 spiro atoms. The lowest BCUT2D eigenvalue weighted by Gasteiger charge is -2.31. The van der Waals surface area contributed by atoms with E-state index in [2.05, 4.69) is 6.92 Å². The fourth-order valence-electron chi connectivity index (χ4n) is 4.16. The molecule has 0 aliphatic carbocycles. The summed E-state index contributed by atoms with van der Waals surface area (Å²) >= 11 is 0. The second-order valence-electron chi connectivity index (χ2n) is 8.63. The number of hydrogen-bond acceptors (Lipinski definition) is 4. The van der Waals surface area contributed by atoms with Crippen molar-refractivity contribution >= 4 is 16.8 Å². The molecule has 0 aliphatic rings. The molecule has 0 saturated carbocycles. The van der Waals surface area contributed by atoms with E-state index >= 15 is 0 Å². The van der Waals surface area contributed by atoms with Gasteiger partial charge in [-0.3, -0.25) is 14.2 Å². The molecule has 0 fully saturated rings. The first-order valence-electron chi connectivity index (χ1n) is 11.8. The average Bonchev–Trinajstić information content (AvgIpc) is 2.81. The highest BCUT2D eigenvalue weighted by Gasteiger charge is 2.27. The molecule has 6 nitrogen and oxygen atoms in total. The van der Waals surface area contributed by atoms with Crippen LogP contribution in [0.1, 0.15) is 62.5 Å². The van der Waals surface area contributed by atoms with Gasteiger partial charge in [0, 0.05) is 20.1 Å². The van der Waals surface area contributed by atoms with E-state index in [-0.39, 0.29) is 11.5 Å². The summed E-state index contributed by atoms with van der Waals surface area (Å²) in [6.07, 6.45) is 3.39. The van der Waals surface area contributed by atoms with E-state index in [1.165, 1.54) is 0 Å². The number of carbonyl (C=O) groups excluding carboxylic acids is 1.